The van der Waals surface area contributed by atoms with Crippen LogP contribution in [0.5, 0.6) is 0 Å². The van der Waals surface area contributed by atoms with Crippen molar-refractivity contribution in [3.8, 4) is 0 Å². The van der Waals surface area contributed by atoms with Crippen LogP contribution < -0.4 is 4.90 Å². The lowest BCUT2D eigenvalue weighted by molar-refractivity contribution is 0.388. The third-order valence-electron chi connectivity index (χ3n) is 5.94. The summed E-state index contributed by atoms with van der Waals surface area (Å²) >= 11 is 0. The lowest BCUT2D eigenvalue weighted by Gasteiger charge is -2.35. The minimum absolute atomic E-state index is 0.424. The fourth-order valence-corrected chi connectivity index (χ4v) is 5.24. The molecular weight excluding hydrogens is 432 g/mol. The third kappa shape index (κ3) is 5.67. The summed E-state index contributed by atoms with van der Waals surface area (Å²) in [4.78, 5) is 11.6. The molecule has 0 unspecified atom stereocenters. The quantitative estimate of drug-likeness (QED) is 0.551. The van der Waals surface area contributed by atoms with Crippen LogP contribution in [-0.2, 0) is 16.4 Å². The maximum absolute atomic E-state index is 12.8. The van der Waals surface area contributed by atoms with Gasteiger partial charge in [-0.25, -0.2) is 18.4 Å². The van der Waals surface area contributed by atoms with Crippen molar-refractivity contribution in [1.82, 2.24) is 14.3 Å². The van der Waals surface area contributed by atoms with E-state index in [0.717, 1.165) is 34.9 Å². The number of sulfonamides is 1. The Kier molecular flexibility index (Phi) is 6.91. The van der Waals surface area contributed by atoms with Crippen molar-refractivity contribution in [3.05, 3.63) is 93.8 Å². The SMILES string of the molecule is Cc1ccc(Cc2c(C)nc(C)nc2N2CCN(S(=O)(=O)/C=C/c3ccccc3)CC2)cc1. The molecule has 7 heteroatoms. The Balaban J connectivity index is 1.50. The molecule has 0 atom stereocenters. The molecule has 0 N–H and O–H groups in total. The number of aryl methyl sites for hydroxylation is 3. The van der Waals surface area contributed by atoms with Crippen LogP contribution in [-0.4, -0.2) is 48.9 Å². The highest BCUT2D eigenvalue weighted by Gasteiger charge is 2.27. The standard InChI is InChI=1S/C26H30N4O2S/c1-20-9-11-24(12-10-20)19-25-21(2)27-22(3)28-26(25)29-14-16-30(17-15-29)33(31,32)18-13-23-7-5-4-6-8-23/h4-13,18H,14-17,19H2,1-3H3/b18-13+. The molecule has 172 valence electrons. The van der Waals surface area contributed by atoms with Crippen molar-refractivity contribution >= 4 is 21.9 Å². The van der Waals surface area contributed by atoms with E-state index in [0.29, 0.717) is 26.2 Å². The van der Waals surface area contributed by atoms with Crippen LogP contribution in [0.25, 0.3) is 6.08 Å². The highest BCUT2D eigenvalue weighted by molar-refractivity contribution is 7.92. The molecule has 6 nitrogen and oxygen atoms in total. The van der Waals surface area contributed by atoms with E-state index in [-0.39, 0.29) is 0 Å². The summed E-state index contributed by atoms with van der Waals surface area (Å²) in [5.41, 5.74) is 5.38. The number of hydrogen-bond acceptors (Lipinski definition) is 5. The topological polar surface area (TPSA) is 66.4 Å². The summed E-state index contributed by atoms with van der Waals surface area (Å²) in [5, 5.41) is 1.31. The van der Waals surface area contributed by atoms with Gasteiger partial charge in [-0.2, -0.15) is 4.31 Å². The van der Waals surface area contributed by atoms with Gasteiger partial charge in [-0.05, 0) is 38.0 Å². The fourth-order valence-electron chi connectivity index (χ4n) is 4.07. The second-order valence-corrected chi connectivity index (χ2v) is 10.3. The number of rotatable bonds is 6. The third-order valence-corrected chi connectivity index (χ3v) is 7.50. The zero-order valence-electron chi connectivity index (χ0n) is 19.4. The Bertz CT molecular complexity index is 1230. The molecule has 0 bridgehead atoms. The van der Waals surface area contributed by atoms with Gasteiger partial charge in [-0.1, -0.05) is 60.2 Å². The molecular formula is C26H30N4O2S. The van der Waals surface area contributed by atoms with Crippen molar-refractivity contribution in [2.75, 3.05) is 31.1 Å². The van der Waals surface area contributed by atoms with Crippen molar-refractivity contribution < 1.29 is 8.42 Å². The van der Waals surface area contributed by atoms with Gasteiger partial charge < -0.3 is 4.90 Å². The van der Waals surface area contributed by atoms with E-state index in [9.17, 15) is 8.42 Å². The van der Waals surface area contributed by atoms with E-state index in [1.165, 1.54) is 16.5 Å². The minimum Gasteiger partial charge on any atom is -0.354 e. The Labute approximate surface area is 196 Å². The molecule has 0 amide bonds. The molecule has 0 spiro atoms. The molecule has 1 aromatic heterocycles. The Morgan fingerprint density at radius 3 is 2.21 bits per heavy atom. The maximum atomic E-state index is 12.8. The van der Waals surface area contributed by atoms with E-state index in [1.54, 1.807) is 10.4 Å². The Hall–Kier alpha value is -3.03. The van der Waals surface area contributed by atoms with Gasteiger partial charge in [0.1, 0.15) is 11.6 Å². The molecule has 2 aromatic carbocycles. The zero-order valence-corrected chi connectivity index (χ0v) is 20.2. The first kappa shape index (κ1) is 23.1. The van der Waals surface area contributed by atoms with E-state index in [2.05, 4.69) is 41.1 Å². The number of nitrogens with zero attached hydrogens (tertiary/aromatic N) is 4. The molecule has 4 rings (SSSR count). The van der Waals surface area contributed by atoms with Gasteiger partial charge in [0.15, 0.2) is 0 Å². The molecule has 1 fully saturated rings. The molecule has 0 saturated carbocycles. The van der Waals surface area contributed by atoms with E-state index >= 15 is 0 Å². The second-order valence-electron chi connectivity index (χ2n) is 8.47. The van der Waals surface area contributed by atoms with Crippen LogP contribution in [0.2, 0.25) is 0 Å². The Morgan fingerprint density at radius 2 is 1.55 bits per heavy atom. The first-order chi connectivity index (χ1) is 15.8. The average Bonchev–Trinajstić information content (AvgIpc) is 2.81. The van der Waals surface area contributed by atoms with Crippen LogP contribution in [0, 0.1) is 20.8 Å². The van der Waals surface area contributed by atoms with E-state index in [4.69, 9.17) is 4.98 Å². The Morgan fingerprint density at radius 1 is 0.879 bits per heavy atom. The first-order valence-electron chi connectivity index (χ1n) is 11.2. The van der Waals surface area contributed by atoms with Gasteiger partial charge >= 0.3 is 0 Å². The zero-order chi connectivity index (χ0) is 23.4. The monoisotopic (exact) mass is 462 g/mol. The molecule has 1 saturated heterocycles. The first-order valence-corrected chi connectivity index (χ1v) is 12.7. The van der Waals surface area contributed by atoms with E-state index in [1.807, 2.05) is 44.2 Å². The lowest BCUT2D eigenvalue weighted by Crippen LogP contribution is -2.48. The van der Waals surface area contributed by atoms with Gasteiger partial charge in [0.25, 0.3) is 0 Å². The number of benzene rings is 2. The maximum Gasteiger partial charge on any atom is 0.236 e. The lowest BCUT2D eigenvalue weighted by atomic mass is 10.0. The number of aromatic nitrogens is 2. The van der Waals surface area contributed by atoms with Gasteiger partial charge in [-0.3, -0.25) is 0 Å². The number of anilines is 1. The van der Waals surface area contributed by atoms with Crippen molar-refractivity contribution in [2.45, 2.75) is 27.2 Å². The van der Waals surface area contributed by atoms with Gasteiger partial charge in [0.05, 0.1) is 0 Å². The van der Waals surface area contributed by atoms with Crippen LogP contribution in [0.15, 0.2) is 60.0 Å². The molecule has 0 radical (unpaired) electrons. The average molecular weight is 463 g/mol. The summed E-state index contributed by atoms with van der Waals surface area (Å²) in [5.74, 6) is 1.65. The second kappa shape index (κ2) is 9.85. The summed E-state index contributed by atoms with van der Waals surface area (Å²) < 4.78 is 27.2. The largest absolute Gasteiger partial charge is 0.354 e. The van der Waals surface area contributed by atoms with Gasteiger partial charge in [0, 0.05) is 49.3 Å². The minimum atomic E-state index is -3.47. The van der Waals surface area contributed by atoms with Crippen LogP contribution in [0.1, 0.15) is 33.8 Å². The van der Waals surface area contributed by atoms with Crippen LogP contribution in [0.4, 0.5) is 5.82 Å². The summed E-state index contributed by atoms with van der Waals surface area (Å²) in [6, 6.07) is 18.0. The van der Waals surface area contributed by atoms with Crippen LogP contribution >= 0.6 is 0 Å². The predicted octanol–water partition coefficient (Wildman–Crippen LogP) is 4.12. The summed E-state index contributed by atoms with van der Waals surface area (Å²) in [6.45, 7) is 8.04. The number of piperazine rings is 1. The molecule has 33 heavy (non-hydrogen) atoms. The summed E-state index contributed by atoms with van der Waals surface area (Å²) in [7, 11) is -3.47. The van der Waals surface area contributed by atoms with Crippen molar-refractivity contribution in [1.29, 1.82) is 0 Å². The number of hydrogen-bond donors (Lipinski definition) is 0. The fraction of sp³-hybridized carbons (Fsp3) is 0.308. The molecule has 1 aliphatic rings. The molecule has 0 aliphatic carbocycles. The van der Waals surface area contributed by atoms with E-state index < -0.39 is 10.0 Å². The normalized spacial score (nSPS) is 15.3. The van der Waals surface area contributed by atoms with Crippen LogP contribution in [0.3, 0.4) is 0 Å². The molecule has 3 aromatic rings. The highest BCUT2D eigenvalue weighted by Crippen LogP contribution is 2.26. The molecule has 2 heterocycles. The van der Waals surface area contributed by atoms with Crippen molar-refractivity contribution in [3.63, 3.8) is 0 Å². The van der Waals surface area contributed by atoms with Gasteiger partial charge in [0.2, 0.25) is 10.0 Å². The highest BCUT2D eigenvalue weighted by atomic mass is 32.2. The van der Waals surface area contributed by atoms with Gasteiger partial charge in [-0.15, -0.1) is 0 Å². The predicted molar refractivity (Wildman–Crippen MR) is 134 cm³/mol. The summed E-state index contributed by atoms with van der Waals surface area (Å²) in [6.07, 6.45) is 2.40. The van der Waals surface area contributed by atoms with Crippen molar-refractivity contribution in [2.24, 2.45) is 0 Å². The molecule has 1 aliphatic heterocycles. The smallest absolute Gasteiger partial charge is 0.236 e.